The zero-order valence-electron chi connectivity index (χ0n) is 8.51. The maximum absolute atomic E-state index is 13.3. The molecule has 0 N–H and O–H groups in total. The zero-order valence-corrected chi connectivity index (χ0v) is 10.1. The van der Waals surface area contributed by atoms with Crippen LogP contribution in [0.3, 0.4) is 0 Å². The highest BCUT2D eigenvalue weighted by atomic mass is 79.9. The van der Waals surface area contributed by atoms with Gasteiger partial charge >= 0.3 is 0 Å². The Kier molecular flexibility index (Phi) is 3.42. The molecule has 82 valence electrons. The van der Waals surface area contributed by atoms with E-state index in [1.54, 1.807) is 0 Å². The molecule has 0 radical (unpaired) electrons. The molecule has 1 aliphatic heterocycles. The molecular weight excluding hydrogens is 259 g/mol. The lowest BCUT2D eigenvalue weighted by Crippen LogP contribution is -2.35. The SMILES string of the molecule is FCC1(c2ccc(Br)cc2)CCOCC1. The van der Waals surface area contributed by atoms with E-state index >= 15 is 0 Å². The third kappa shape index (κ3) is 2.23. The number of benzene rings is 1. The molecule has 1 aliphatic rings. The quantitative estimate of drug-likeness (QED) is 0.801. The number of halogens is 2. The molecule has 1 fully saturated rings. The van der Waals surface area contributed by atoms with E-state index in [4.69, 9.17) is 4.74 Å². The molecule has 1 aromatic rings. The van der Waals surface area contributed by atoms with E-state index in [0.29, 0.717) is 13.2 Å². The molecule has 1 aromatic carbocycles. The first-order chi connectivity index (χ1) is 7.27. The van der Waals surface area contributed by atoms with Gasteiger partial charge in [0.2, 0.25) is 0 Å². The van der Waals surface area contributed by atoms with E-state index in [0.717, 1.165) is 22.9 Å². The Morgan fingerprint density at radius 1 is 1.20 bits per heavy atom. The van der Waals surface area contributed by atoms with E-state index in [-0.39, 0.29) is 12.1 Å². The van der Waals surface area contributed by atoms with Gasteiger partial charge in [0.15, 0.2) is 0 Å². The summed E-state index contributed by atoms with van der Waals surface area (Å²) in [5.41, 5.74) is 0.787. The number of rotatable bonds is 2. The molecule has 0 bridgehead atoms. The number of ether oxygens (including phenoxy) is 1. The van der Waals surface area contributed by atoms with Gasteiger partial charge in [0.1, 0.15) is 0 Å². The van der Waals surface area contributed by atoms with Crippen molar-refractivity contribution in [3.05, 3.63) is 34.3 Å². The van der Waals surface area contributed by atoms with E-state index < -0.39 is 0 Å². The van der Waals surface area contributed by atoms with Crippen LogP contribution in [0.1, 0.15) is 18.4 Å². The summed E-state index contributed by atoms with van der Waals surface area (Å²) in [5, 5.41) is 0. The summed E-state index contributed by atoms with van der Waals surface area (Å²) < 4.78 is 19.6. The Labute approximate surface area is 97.8 Å². The van der Waals surface area contributed by atoms with Crippen molar-refractivity contribution in [2.45, 2.75) is 18.3 Å². The number of hydrogen-bond acceptors (Lipinski definition) is 1. The summed E-state index contributed by atoms with van der Waals surface area (Å²) in [6.07, 6.45) is 1.57. The largest absolute Gasteiger partial charge is 0.381 e. The van der Waals surface area contributed by atoms with Crippen LogP contribution in [0, 0.1) is 0 Å². The minimum absolute atomic E-state index is 0.294. The first-order valence-electron chi connectivity index (χ1n) is 5.17. The highest BCUT2D eigenvalue weighted by Crippen LogP contribution is 2.35. The predicted molar refractivity (Wildman–Crippen MR) is 61.8 cm³/mol. The molecular formula is C12H14BrFO. The van der Waals surface area contributed by atoms with Crippen molar-refractivity contribution in [3.63, 3.8) is 0 Å². The van der Waals surface area contributed by atoms with Gasteiger partial charge in [0.25, 0.3) is 0 Å². The van der Waals surface area contributed by atoms with E-state index in [1.807, 2.05) is 24.3 Å². The summed E-state index contributed by atoms with van der Waals surface area (Å²) in [4.78, 5) is 0. The van der Waals surface area contributed by atoms with Crippen LogP contribution in [0.25, 0.3) is 0 Å². The zero-order chi connectivity index (χ0) is 10.7. The van der Waals surface area contributed by atoms with Gasteiger partial charge in [-0.05, 0) is 30.5 Å². The molecule has 3 heteroatoms. The first-order valence-corrected chi connectivity index (χ1v) is 5.96. The van der Waals surface area contributed by atoms with E-state index in [2.05, 4.69) is 15.9 Å². The molecule has 2 rings (SSSR count). The van der Waals surface area contributed by atoms with Gasteiger partial charge in [-0.15, -0.1) is 0 Å². The maximum Gasteiger partial charge on any atom is 0.0992 e. The second-order valence-corrected chi connectivity index (χ2v) is 4.95. The van der Waals surface area contributed by atoms with Crippen molar-refractivity contribution in [2.75, 3.05) is 19.9 Å². The normalized spacial score (nSPS) is 20.1. The lowest BCUT2D eigenvalue weighted by Gasteiger charge is -2.35. The number of hydrogen-bond donors (Lipinski definition) is 0. The van der Waals surface area contributed by atoms with Crippen molar-refractivity contribution in [1.29, 1.82) is 0 Å². The minimum atomic E-state index is -0.307. The topological polar surface area (TPSA) is 9.23 Å². The average Bonchev–Trinajstić information content (AvgIpc) is 2.31. The van der Waals surface area contributed by atoms with Crippen molar-refractivity contribution >= 4 is 15.9 Å². The van der Waals surface area contributed by atoms with Gasteiger partial charge in [-0.1, -0.05) is 28.1 Å². The summed E-state index contributed by atoms with van der Waals surface area (Å²) in [5.74, 6) is 0. The van der Waals surface area contributed by atoms with Gasteiger partial charge in [-0.2, -0.15) is 0 Å². The van der Waals surface area contributed by atoms with Crippen LogP contribution in [-0.4, -0.2) is 19.9 Å². The molecule has 0 unspecified atom stereocenters. The van der Waals surface area contributed by atoms with Crippen molar-refractivity contribution in [3.8, 4) is 0 Å². The number of alkyl halides is 1. The summed E-state index contributed by atoms with van der Waals surface area (Å²) in [6.45, 7) is 1.04. The Morgan fingerprint density at radius 3 is 2.33 bits per heavy atom. The molecule has 0 saturated carbocycles. The highest BCUT2D eigenvalue weighted by Gasteiger charge is 2.34. The molecule has 1 nitrogen and oxygen atoms in total. The fourth-order valence-electron chi connectivity index (χ4n) is 2.07. The van der Waals surface area contributed by atoms with Crippen LogP contribution in [0.2, 0.25) is 0 Å². The maximum atomic E-state index is 13.3. The second-order valence-electron chi connectivity index (χ2n) is 4.03. The summed E-state index contributed by atoms with van der Waals surface area (Å²) in [7, 11) is 0. The minimum Gasteiger partial charge on any atom is -0.381 e. The predicted octanol–water partition coefficient (Wildman–Crippen LogP) is 3.47. The Balaban J connectivity index is 2.28. The Bertz CT molecular complexity index is 317. The van der Waals surface area contributed by atoms with Crippen LogP contribution < -0.4 is 0 Å². The lowest BCUT2D eigenvalue weighted by atomic mass is 9.75. The monoisotopic (exact) mass is 272 g/mol. The van der Waals surface area contributed by atoms with Gasteiger partial charge in [-0.25, -0.2) is 0 Å². The van der Waals surface area contributed by atoms with Crippen LogP contribution in [0.5, 0.6) is 0 Å². The average molecular weight is 273 g/mol. The lowest BCUT2D eigenvalue weighted by molar-refractivity contribution is 0.0402. The standard InChI is InChI=1S/C12H14BrFO/c13-11-3-1-10(2-4-11)12(9-14)5-7-15-8-6-12/h1-4H,5-9H2. The van der Waals surface area contributed by atoms with Crippen molar-refractivity contribution < 1.29 is 9.13 Å². The molecule has 0 aromatic heterocycles. The van der Waals surface area contributed by atoms with E-state index in [9.17, 15) is 4.39 Å². The van der Waals surface area contributed by atoms with E-state index in [1.165, 1.54) is 0 Å². The molecule has 1 heterocycles. The van der Waals surface area contributed by atoms with Crippen LogP contribution in [0.4, 0.5) is 4.39 Å². The fourth-order valence-corrected chi connectivity index (χ4v) is 2.33. The molecule has 0 aliphatic carbocycles. The third-order valence-corrected chi connectivity index (χ3v) is 3.69. The summed E-state index contributed by atoms with van der Waals surface area (Å²) >= 11 is 3.39. The molecule has 0 amide bonds. The van der Waals surface area contributed by atoms with Crippen LogP contribution in [-0.2, 0) is 10.2 Å². The molecule has 1 saturated heterocycles. The molecule has 0 atom stereocenters. The van der Waals surface area contributed by atoms with Gasteiger partial charge in [-0.3, -0.25) is 4.39 Å². The fraction of sp³-hybridized carbons (Fsp3) is 0.500. The Morgan fingerprint density at radius 2 is 1.80 bits per heavy atom. The smallest absolute Gasteiger partial charge is 0.0992 e. The van der Waals surface area contributed by atoms with Gasteiger partial charge in [0, 0.05) is 23.1 Å². The van der Waals surface area contributed by atoms with Crippen LogP contribution >= 0.6 is 15.9 Å². The first kappa shape index (κ1) is 11.1. The summed E-state index contributed by atoms with van der Waals surface area (Å²) in [6, 6.07) is 7.97. The second kappa shape index (κ2) is 4.62. The van der Waals surface area contributed by atoms with Gasteiger partial charge < -0.3 is 4.74 Å². The third-order valence-electron chi connectivity index (χ3n) is 3.16. The van der Waals surface area contributed by atoms with Gasteiger partial charge in [0.05, 0.1) is 6.67 Å². The van der Waals surface area contributed by atoms with Crippen molar-refractivity contribution in [2.24, 2.45) is 0 Å². The Hall–Kier alpha value is -0.410. The molecule has 15 heavy (non-hydrogen) atoms. The molecule has 0 spiro atoms. The van der Waals surface area contributed by atoms with Crippen LogP contribution in [0.15, 0.2) is 28.7 Å². The van der Waals surface area contributed by atoms with Crippen molar-refractivity contribution in [1.82, 2.24) is 0 Å². The highest BCUT2D eigenvalue weighted by molar-refractivity contribution is 9.10.